The monoisotopic (exact) mass is 1920 g/mol. The topological polar surface area (TPSA) is 299 Å². The van der Waals surface area contributed by atoms with E-state index < -0.39 is 0 Å². The maximum Gasteiger partial charge on any atom is 0.257 e. The molecule has 23 nitrogen and oxygen atoms in total. The zero-order valence-corrected chi connectivity index (χ0v) is 78.9. The van der Waals surface area contributed by atoms with Crippen molar-refractivity contribution in [1.29, 1.82) is 16.2 Å². The molecule has 0 spiro atoms. The molecular weight excluding hydrogens is 1820 g/mol. The summed E-state index contributed by atoms with van der Waals surface area (Å²) in [6.45, 7) is 7.35. The Kier molecular flexibility index (Phi) is 35.6. The molecule has 4 aromatic heterocycles. The average molecular weight is 1920 g/mol. The number of hydrogen-bond acceptors (Lipinski definition) is 17. The summed E-state index contributed by atoms with van der Waals surface area (Å²) >= 11 is 48.5. The number of nitrogens with zero attached hydrogens (tertiary/aromatic N) is 8. The highest BCUT2D eigenvalue weighted by Crippen LogP contribution is 2.36. The fourth-order valence-corrected chi connectivity index (χ4v) is 16.2. The summed E-state index contributed by atoms with van der Waals surface area (Å²) in [6, 6.07) is 59.0. The van der Waals surface area contributed by atoms with Crippen molar-refractivity contribution in [2.24, 2.45) is 4.99 Å². The summed E-state index contributed by atoms with van der Waals surface area (Å²) in [6.07, 6.45) is 15.8. The number of amides is 4. The van der Waals surface area contributed by atoms with Gasteiger partial charge in [-0.1, -0.05) is 190 Å². The number of rotatable bonds is 28. The van der Waals surface area contributed by atoms with Gasteiger partial charge in [0.15, 0.2) is 0 Å². The number of carbonyl (C=O) groups excluding carboxylic acids is 4. The van der Waals surface area contributed by atoms with Gasteiger partial charge in [0, 0.05) is 152 Å². The van der Waals surface area contributed by atoms with Crippen LogP contribution in [0.4, 0.5) is 23.3 Å². The van der Waals surface area contributed by atoms with Crippen LogP contribution in [0, 0.1) is 16.2 Å². The number of aliphatic imine (C=N–C) groups is 1. The highest BCUT2D eigenvalue weighted by molar-refractivity contribution is 6.34. The van der Waals surface area contributed by atoms with E-state index in [-0.39, 0.29) is 23.6 Å². The van der Waals surface area contributed by atoms with Crippen molar-refractivity contribution in [1.82, 2.24) is 34.6 Å². The van der Waals surface area contributed by atoms with E-state index in [0.29, 0.717) is 171 Å². The number of hydrogen-bond donors (Lipinski definition) is 7. The lowest BCUT2D eigenvalue weighted by Crippen LogP contribution is -2.42. The van der Waals surface area contributed by atoms with Crippen LogP contribution in [0.25, 0.3) is 0 Å². The molecule has 3 aliphatic heterocycles. The fraction of sp³-hybridized carbons (Fsp3) is 0.240. The number of halogens is 8. The lowest BCUT2D eigenvalue weighted by molar-refractivity contribution is 0.101. The number of methoxy groups -OCH3 is 4. The van der Waals surface area contributed by atoms with E-state index in [2.05, 4.69) is 92.2 Å². The number of anilines is 4. The summed E-state index contributed by atoms with van der Waals surface area (Å²) in [5.74, 6) is 4.78. The van der Waals surface area contributed by atoms with E-state index in [0.717, 1.165) is 138 Å². The fourth-order valence-electron chi connectivity index (χ4n) is 14.9. The van der Waals surface area contributed by atoms with E-state index in [1.165, 1.54) is 31.2 Å². The zero-order valence-electron chi connectivity index (χ0n) is 72.9. The molecule has 12 aromatic rings. The SMILES string of the molecule is COc1cc(Cl)cc(C(=O)Nc2ccc(Cl)cn2)c1CCc1ccc(C(=N)N2CCC2)cc1.COc1cc(Cl)cc(C(=O)Nc2ccc(Cl)cn2)c1CCc1ccc(C(=N)N2CCCCC2)cc1.COc1cc(Cl)cc(C(=O)Nc2ccc(Cl)cn2)c1CCc1ccc(C(C)=N)cc1.COc1cc(Cl)cc(C(=O)Nc2ccc(Cl)cn2)c1CCc1ccc(C2=NCCN2C)cc1. The second-order valence-corrected chi connectivity index (χ2v) is 34.4. The molecule has 0 saturated carbocycles. The van der Waals surface area contributed by atoms with Crippen LogP contribution in [0.5, 0.6) is 23.0 Å². The molecule has 676 valence electrons. The molecule has 7 N–H and O–H groups in total. The molecular formula is C100H97Cl8N15O8. The Bertz CT molecular complexity index is 6070. The van der Waals surface area contributed by atoms with Crippen LogP contribution in [-0.4, -0.2) is 156 Å². The quantitative estimate of drug-likeness (QED) is 0.0177. The second-order valence-electron chi connectivity index (χ2n) is 30.9. The first-order chi connectivity index (χ1) is 63.2. The zero-order chi connectivity index (χ0) is 93.2. The number of aromatic nitrogens is 4. The van der Waals surface area contributed by atoms with Gasteiger partial charge in [-0.3, -0.25) is 35.0 Å². The van der Waals surface area contributed by atoms with Gasteiger partial charge in [-0.05, 0) is 209 Å². The molecule has 0 unspecified atom stereocenters. The van der Waals surface area contributed by atoms with Gasteiger partial charge in [-0.25, -0.2) is 19.9 Å². The Labute approximate surface area is 802 Å². The van der Waals surface area contributed by atoms with Gasteiger partial charge < -0.3 is 60.3 Å². The van der Waals surface area contributed by atoms with Crippen molar-refractivity contribution in [3.8, 4) is 23.0 Å². The van der Waals surface area contributed by atoms with E-state index in [1.807, 2.05) is 72.8 Å². The maximum atomic E-state index is 13.1. The molecule has 0 atom stereocenters. The highest BCUT2D eigenvalue weighted by atomic mass is 35.5. The standard InChI is InChI=1S/C27H28Cl2N4O2.2C25H24Cl2N4O2.C23H21Cl2N3O2/c1-35-24-16-21(29)15-23(27(34)32-25-12-10-20(28)17-31-25)22(24)11-7-18-5-8-19(9-6-18)26(30)33-13-3-2-4-14-33;1-31-12-11-28-24(31)17-6-3-16(4-7-17)5-9-20-21(13-19(27)14-22(20)33-2)25(32)30-23-10-8-18(26)15-29-23;1-33-22-14-19(27)13-21(25(32)30-23-10-8-18(26)15-29-23)20(22)9-5-16-3-6-17(7-4-16)24(28)31-11-2-12-31;1-14(26)16-6-3-15(4-7-16)5-9-19-20(11-18(25)12-21(19)30-2)23(29)28-22-10-8-17(24)13-27-22/h5-6,8-10,12,15-17,30H,2-4,7,11,13-14H2,1H3,(H,31,32,34);3-4,6-8,10,13-15H,5,9,11-12H2,1-2H3,(H,29,30,32);3-4,6-8,10,13-15,28H,2,5,9,11-12H2,1H3,(H,29,30,32);3-4,6-8,10-13,26H,5,9H2,1-2H3,(H,27,28,29). The Morgan fingerprint density at radius 3 is 0.847 bits per heavy atom. The molecule has 2 saturated heterocycles. The van der Waals surface area contributed by atoms with Crippen molar-refractivity contribution in [2.75, 3.05) is 96.0 Å². The number of nitrogens with one attached hydrogen (secondary N) is 7. The van der Waals surface area contributed by atoms with Crippen LogP contribution < -0.4 is 40.2 Å². The van der Waals surface area contributed by atoms with Gasteiger partial charge in [-0.15, -0.1) is 0 Å². The first kappa shape index (κ1) is 97.9. The number of aryl methyl sites for hydroxylation is 4. The number of carbonyl (C=O) groups is 4. The van der Waals surface area contributed by atoms with Crippen molar-refractivity contribution < 1.29 is 38.1 Å². The Balaban J connectivity index is 0.000000158. The molecule has 3 aliphatic rings. The van der Waals surface area contributed by atoms with Crippen LogP contribution in [0.15, 0.2) is 224 Å². The van der Waals surface area contributed by atoms with Gasteiger partial charge in [-0.2, -0.15) is 0 Å². The minimum atomic E-state index is -0.324. The molecule has 0 radical (unpaired) electrons. The van der Waals surface area contributed by atoms with Crippen molar-refractivity contribution in [2.45, 2.75) is 84.0 Å². The van der Waals surface area contributed by atoms with Crippen LogP contribution in [-0.2, 0) is 51.4 Å². The third-order valence-electron chi connectivity index (χ3n) is 22.0. The third-order valence-corrected chi connectivity index (χ3v) is 23.8. The second kappa shape index (κ2) is 47.6. The lowest BCUT2D eigenvalue weighted by Gasteiger charge is -2.33. The summed E-state index contributed by atoms with van der Waals surface area (Å²) in [7, 11) is 8.32. The minimum Gasteiger partial charge on any atom is -0.496 e. The van der Waals surface area contributed by atoms with Crippen LogP contribution >= 0.6 is 92.8 Å². The predicted molar refractivity (Wildman–Crippen MR) is 528 cm³/mol. The minimum absolute atomic E-state index is 0.307. The van der Waals surface area contributed by atoms with Gasteiger partial charge in [0.1, 0.15) is 63.8 Å². The smallest absolute Gasteiger partial charge is 0.257 e. The van der Waals surface area contributed by atoms with E-state index in [9.17, 15) is 19.2 Å². The number of ether oxygens (including phenoxy) is 4. The molecule has 8 aromatic carbocycles. The van der Waals surface area contributed by atoms with E-state index in [4.69, 9.17) is 128 Å². The van der Waals surface area contributed by atoms with Crippen molar-refractivity contribution in [3.63, 3.8) is 0 Å². The predicted octanol–water partition coefficient (Wildman–Crippen LogP) is 22.7. The highest BCUT2D eigenvalue weighted by Gasteiger charge is 2.26. The number of piperidine rings is 1. The summed E-state index contributed by atoms with van der Waals surface area (Å²) in [5.41, 5.74) is 13.7. The lowest BCUT2D eigenvalue weighted by atomic mass is 9.97. The molecule has 2 fully saturated rings. The molecule has 15 rings (SSSR count). The summed E-state index contributed by atoms with van der Waals surface area (Å²) < 4.78 is 22.1. The third kappa shape index (κ3) is 27.5. The van der Waals surface area contributed by atoms with Gasteiger partial charge in [0.25, 0.3) is 23.6 Å². The summed E-state index contributed by atoms with van der Waals surface area (Å²) in [5, 5.41) is 39.3. The Morgan fingerprint density at radius 1 is 0.336 bits per heavy atom. The van der Waals surface area contributed by atoms with E-state index >= 15 is 0 Å². The van der Waals surface area contributed by atoms with E-state index in [1.54, 1.807) is 132 Å². The molecule has 0 aliphatic carbocycles. The van der Waals surface area contributed by atoms with Gasteiger partial charge in [0.05, 0.1) is 55.1 Å². The molecule has 31 heteroatoms. The van der Waals surface area contributed by atoms with Crippen LogP contribution in [0.3, 0.4) is 0 Å². The molecule has 7 heterocycles. The molecule has 4 amide bonds. The van der Waals surface area contributed by atoms with Crippen molar-refractivity contribution >= 4 is 163 Å². The number of likely N-dealkylation sites (tertiary alicyclic amines) is 2. The Hall–Kier alpha value is -12.2. The average Bonchev–Trinajstić information content (AvgIpc) is 1.07. The normalized spacial score (nSPS) is 12.5. The number of amidine groups is 3. The number of benzene rings is 8. The van der Waals surface area contributed by atoms with Crippen LogP contribution in [0.2, 0.25) is 40.2 Å². The van der Waals surface area contributed by atoms with Gasteiger partial charge >= 0.3 is 0 Å². The maximum absolute atomic E-state index is 13.1. The Morgan fingerprint density at radius 2 is 0.611 bits per heavy atom. The first-order valence-corrected chi connectivity index (χ1v) is 45.2. The molecule has 0 bridgehead atoms. The van der Waals surface area contributed by atoms with Gasteiger partial charge in [0.2, 0.25) is 0 Å². The first-order valence-electron chi connectivity index (χ1n) is 42.2. The summed E-state index contributed by atoms with van der Waals surface area (Å²) in [4.78, 5) is 79.6. The van der Waals surface area contributed by atoms with Crippen LogP contribution in [0.1, 0.15) is 141 Å². The number of pyridine rings is 4. The largest absolute Gasteiger partial charge is 0.496 e. The van der Waals surface area contributed by atoms with Crippen molar-refractivity contribution in [3.05, 3.63) is 348 Å². The number of likely N-dealkylation sites (N-methyl/N-ethyl adjacent to an activating group) is 1. The molecule has 131 heavy (non-hydrogen) atoms.